The molecule has 0 radical (unpaired) electrons. The molecule has 20 heavy (non-hydrogen) atoms. The van der Waals surface area contributed by atoms with Gasteiger partial charge in [0.1, 0.15) is 0 Å². The standard InChI is InChI=1S/C18H35NO/c1-2-16-9-8-13-18(20,14-10-16)17(15-19)11-6-4-3-5-7-12-17/h16,20H,2-15,19H2,1H3. The Kier molecular flexibility index (Phi) is 5.92. The molecule has 2 rings (SSSR count). The number of nitrogens with two attached hydrogens (primary N) is 1. The molecule has 0 bridgehead atoms. The highest BCUT2D eigenvalue weighted by Crippen LogP contribution is 2.49. The Labute approximate surface area is 125 Å². The highest BCUT2D eigenvalue weighted by molar-refractivity contribution is 5.01. The average molecular weight is 281 g/mol. The van der Waals surface area contributed by atoms with Crippen LogP contribution in [0.3, 0.4) is 0 Å². The molecule has 0 amide bonds. The topological polar surface area (TPSA) is 46.2 Å². The first-order valence-corrected chi connectivity index (χ1v) is 9.08. The maximum Gasteiger partial charge on any atom is 0.0715 e. The SMILES string of the molecule is CCC1CCCC(O)(C2(CN)CCCCCCC2)CC1. The van der Waals surface area contributed by atoms with E-state index in [4.69, 9.17) is 5.73 Å². The first-order valence-electron chi connectivity index (χ1n) is 9.08. The summed E-state index contributed by atoms with van der Waals surface area (Å²) in [7, 11) is 0. The second kappa shape index (κ2) is 7.26. The normalized spacial score (nSPS) is 35.9. The number of hydrogen-bond donors (Lipinski definition) is 2. The predicted molar refractivity (Wildman–Crippen MR) is 85.6 cm³/mol. The molecule has 0 aromatic carbocycles. The van der Waals surface area contributed by atoms with Crippen LogP contribution in [0.5, 0.6) is 0 Å². The van der Waals surface area contributed by atoms with Crippen LogP contribution in [0, 0.1) is 11.3 Å². The van der Waals surface area contributed by atoms with Crippen molar-refractivity contribution in [2.24, 2.45) is 17.1 Å². The highest BCUT2D eigenvalue weighted by Gasteiger charge is 2.48. The second-order valence-corrected chi connectivity index (χ2v) is 7.49. The molecule has 2 atom stereocenters. The minimum absolute atomic E-state index is 0.00997. The monoisotopic (exact) mass is 281 g/mol. The summed E-state index contributed by atoms with van der Waals surface area (Å²) in [6, 6.07) is 0. The van der Waals surface area contributed by atoms with Crippen molar-refractivity contribution in [3.05, 3.63) is 0 Å². The van der Waals surface area contributed by atoms with Gasteiger partial charge in [-0.1, -0.05) is 58.3 Å². The van der Waals surface area contributed by atoms with Gasteiger partial charge in [-0.15, -0.1) is 0 Å². The van der Waals surface area contributed by atoms with Crippen LogP contribution in [0.25, 0.3) is 0 Å². The zero-order chi connectivity index (χ0) is 14.5. The van der Waals surface area contributed by atoms with Crippen LogP contribution >= 0.6 is 0 Å². The second-order valence-electron chi connectivity index (χ2n) is 7.49. The lowest BCUT2D eigenvalue weighted by molar-refractivity contribution is -0.105. The fourth-order valence-corrected chi connectivity index (χ4v) is 4.78. The van der Waals surface area contributed by atoms with Gasteiger partial charge in [0.15, 0.2) is 0 Å². The molecule has 0 aromatic heterocycles. The van der Waals surface area contributed by atoms with Crippen LogP contribution in [0.15, 0.2) is 0 Å². The molecular weight excluding hydrogens is 246 g/mol. The fraction of sp³-hybridized carbons (Fsp3) is 1.00. The molecule has 2 saturated carbocycles. The van der Waals surface area contributed by atoms with E-state index in [1.807, 2.05) is 0 Å². The van der Waals surface area contributed by atoms with E-state index in [1.54, 1.807) is 0 Å². The minimum Gasteiger partial charge on any atom is -0.389 e. The first kappa shape index (κ1) is 16.3. The van der Waals surface area contributed by atoms with Crippen molar-refractivity contribution in [3.63, 3.8) is 0 Å². The Hall–Kier alpha value is -0.0800. The largest absolute Gasteiger partial charge is 0.389 e. The quantitative estimate of drug-likeness (QED) is 0.753. The summed E-state index contributed by atoms with van der Waals surface area (Å²) in [6.07, 6.45) is 15.8. The molecule has 0 saturated heterocycles. The number of aliphatic hydroxyl groups is 1. The summed E-state index contributed by atoms with van der Waals surface area (Å²) >= 11 is 0. The molecule has 0 aromatic rings. The van der Waals surface area contributed by atoms with E-state index in [2.05, 4.69) is 6.92 Å². The van der Waals surface area contributed by atoms with Crippen molar-refractivity contribution in [1.29, 1.82) is 0 Å². The third-order valence-electron chi connectivity index (χ3n) is 6.43. The first-order chi connectivity index (χ1) is 9.66. The van der Waals surface area contributed by atoms with Crippen LogP contribution < -0.4 is 5.73 Å². The van der Waals surface area contributed by atoms with E-state index >= 15 is 0 Å². The third-order valence-corrected chi connectivity index (χ3v) is 6.43. The summed E-state index contributed by atoms with van der Waals surface area (Å²) < 4.78 is 0. The summed E-state index contributed by atoms with van der Waals surface area (Å²) in [6.45, 7) is 2.98. The summed E-state index contributed by atoms with van der Waals surface area (Å²) in [5.41, 5.74) is 5.76. The van der Waals surface area contributed by atoms with Crippen molar-refractivity contribution in [2.45, 2.75) is 96.0 Å². The zero-order valence-electron chi connectivity index (χ0n) is 13.5. The summed E-state index contributed by atoms with van der Waals surface area (Å²) in [5, 5.41) is 11.5. The van der Waals surface area contributed by atoms with Gasteiger partial charge in [0.2, 0.25) is 0 Å². The van der Waals surface area contributed by atoms with E-state index in [9.17, 15) is 5.11 Å². The highest BCUT2D eigenvalue weighted by atomic mass is 16.3. The molecule has 118 valence electrons. The Morgan fingerprint density at radius 3 is 2.15 bits per heavy atom. The lowest BCUT2D eigenvalue weighted by Crippen LogP contribution is -2.52. The van der Waals surface area contributed by atoms with Gasteiger partial charge in [-0.25, -0.2) is 0 Å². The van der Waals surface area contributed by atoms with E-state index in [1.165, 1.54) is 57.8 Å². The van der Waals surface area contributed by atoms with Gasteiger partial charge in [0.05, 0.1) is 5.60 Å². The lowest BCUT2D eigenvalue weighted by atomic mass is 9.62. The van der Waals surface area contributed by atoms with Crippen molar-refractivity contribution >= 4 is 0 Å². The van der Waals surface area contributed by atoms with Gasteiger partial charge in [-0.2, -0.15) is 0 Å². The average Bonchev–Trinajstić information content (AvgIpc) is 2.62. The van der Waals surface area contributed by atoms with Crippen molar-refractivity contribution in [2.75, 3.05) is 6.54 Å². The Morgan fingerprint density at radius 1 is 0.900 bits per heavy atom. The number of hydrogen-bond acceptors (Lipinski definition) is 2. The van der Waals surface area contributed by atoms with Crippen LogP contribution in [0.1, 0.15) is 90.4 Å². The summed E-state index contributed by atoms with van der Waals surface area (Å²) in [4.78, 5) is 0. The van der Waals surface area contributed by atoms with Crippen molar-refractivity contribution in [3.8, 4) is 0 Å². The molecule has 2 heteroatoms. The van der Waals surface area contributed by atoms with Gasteiger partial charge >= 0.3 is 0 Å². The van der Waals surface area contributed by atoms with Crippen molar-refractivity contribution in [1.82, 2.24) is 0 Å². The molecule has 3 N–H and O–H groups in total. The molecule has 2 aliphatic rings. The van der Waals surface area contributed by atoms with Crippen LogP contribution in [0.4, 0.5) is 0 Å². The fourth-order valence-electron chi connectivity index (χ4n) is 4.78. The van der Waals surface area contributed by atoms with E-state index in [-0.39, 0.29) is 5.41 Å². The molecule has 0 aliphatic heterocycles. The van der Waals surface area contributed by atoms with E-state index in [0.29, 0.717) is 6.54 Å². The van der Waals surface area contributed by atoms with Gasteiger partial charge in [0, 0.05) is 12.0 Å². The van der Waals surface area contributed by atoms with E-state index < -0.39 is 5.60 Å². The maximum atomic E-state index is 11.5. The molecule has 2 unspecified atom stereocenters. The van der Waals surface area contributed by atoms with Gasteiger partial charge < -0.3 is 10.8 Å². The number of rotatable bonds is 3. The maximum absolute atomic E-state index is 11.5. The molecule has 2 nitrogen and oxygen atoms in total. The smallest absolute Gasteiger partial charge is 0.0715 e. The van der Waals surface area contributed by atoms with Gasteiger partial charge in [0.25, 0.3) is 0 Å². The Bertz CT molecular complexity index is 283. The van der Waals surface area contributed by atoms with Crippen LogP contribution in [0.2, 0.25) is 0 Å². The molecular formula is C18H35NO. The van der Waals surface area contributed by atoms with Crippen LogP contribution in [-0.4, -0.2) is 17.3 Å². The van der Waals surface area contributed by atoms with Gasteiger partial charge in [-0.3, -0.25) is 0 Å². The Morgan fingerprint density at radius 2 is 1.55 bits per heavy atom. The van der Waals surface area contributed by atoms with Crippen LogP contribution in [-0.2, 0) is 0 Å². The predicted octanol–water partition coefficient (Wildman–Crippen LogP) is 4.40. The lowest BCUT2D eigenvalue weighted by Gasteiger charge is -2.48. The molecule has 0 spiro atoms. The Balaban J connectivity index is 2.13. The molecule has 2 fully saturated rings. The van der Waals surface area contributed by atoms with E-state index in [0.717, 1.165) is 31.6 Å². The third kappa shape index (κ3) is 3.39. The van der Waals surface area contributed by atoms with Gasteiger partial charge in [-0.05, 0) is 38.0 Å². The minimum atomic E-state index is -0.483. The molecule has 0 heterocycles. The zero-order valence-corrected chi connectivity index (χ0v) is 13.5. The molecule has 2 aliphatic carbocycles. The summed E-state index contributed by atoms with van der Waals surface area (Å²) in [5.74, 6) is 0.826. The van der Waals surface area contributed by atoms with Crippen molar-refractivity contribution < 1.29 is 5.11 Å².